The maximum absolute atomic E-state index is 12.8. The van der Waals surface area contributed by atoms with E-state index in [0.29, 0.717) is 19.5 Å². The lowest BCUT2D eigenvalue weighted by Crippen LogP contribution is -2.45. The summed E-state index contributed by atoms with van der Waals surface area (Å²) in [5.41, 5.74) is 1.05. The predicted octanol–water partition coefficient (Wildman–Crippen LogP) is 0.647. The second-order valence-electron chi connectivity index (χ2n) is 5.82. The van der Waals surface area contributed by atoms with Gasteiger partial charge >= 0.3 is 0 Å². The zero-order valence-corrected chi connectivity index (χ0v) is 14.1. The average Bonchev–Trinajstić information content (AvgIpc) is 2.62. The number of nitrogens with zero attached hydrogens (tertiary/aromatic N) is 2. The molecular weight excluding hydrogens is 302 g/mol. The van der Waals surface area contributed by atoms with Crippen LogP contribution in [-0.2, 0) is 21.4 Å². The predicted molar refractivity (Wildman–Crippen MR) is 84.8 cm³/mol. The second-order valence-corrected chi connectivity index (χ2v) is 7.71. The lowest BCUT2D eigenvalue weighted by molar-refractivity contribution is -0.123. The molecule has 1 amide bonds. The summed E-state index contributed by atoms with van der Waals surface area (Å²) in [5, 5.41) is 2.73. The van der Waals surface area contributed by atoms with Gasteiger partial charge in [0.05, 0.1) is 4.90 Å². The molecule has 1 aromatic carbocycles. The Morgan fingerprint density at radius 2 is 1.91 bits per heavy atom. The van der Waals surface area contributed by atoms with Gasteiger partial charge in [0, 0.05) is 19.6 Å². The first-order valence-corrected chi connectivity index (χ1v) is 8.79. The van der Waals surface area contributed by atoms with Crippen LogP contribution in [0, 0.1) is 0 Å². The van der Waals surface area contributed by atoms with E-state index in [1.54, 1.807) is 19.1 Å². The van der Waals surface area contributed by atoms with Crippen molar-refractivity contribution < 1.29 is 13.2 Å². The zero-order chi connectivity index (χ0) is 16.3. The first kappa shape index (κ1) is 16.9. The molecule has 0 spiro atoms. The first-order valence-electron chi connectivity index (χ1n) is 7.35. The highest BCUT2D eigenvalue weighted by Gasteiger charge is 2.34. The molecule has 0 aliphatic carbocycles. The van der Waals surface area contributed by atoms with Crippen molar-refractivity contribution in [2.75, 3.05) is 27.2 Å². The van der Waals surface area contributed by atoms with Gasteiger partial charge in [-0.2, -0.15) is 4.31 Å². The molecule has 1 heterocycles. The first-order chi connectivity index (χ1) is 10.3. The van der Waals surface area contributed by atoms with E-state index in [-0.39, 0.29) is 10.8 Å². The minimum Gasteiger partial charge on any atom is -0.355 e. The summed E-state index contributed by atoms with van der Waals surface area (Å²) in [5.74, 6) is -0.245. The molecule has 1 N–H and O–H groups in total. The fourth-order valence-corrected chi connectivity index (χ4v) is 4.15. The van der Waals surface area contributed by atoms with Gasteiger partial charge in [-0.25, -0.2) is 8.42 Å². The van der Waals surface area contributed by atoms with Crippen LogP contribution < -0.4 is 5.32 Å². The summed E-state index contributed by atoms with van der Waals surface area (Å²) in [6.07, 6.45) is 0.619. The third kappa shape index (κ3) is 3.66. The fraction of sp³-hybridized carbons (Fsp3) is 0.533. The molecule has 1 fully saturated rings. The van der Waals surface area contributed by atoms with Crippen molar-refractivity contribution in [3.8, 4) is 0 Å². The summed E-state index contributed by atoms with van der Waals surface area (Å²) in [4.78, 5) is 14.1. The molecule has 1 aliphatic rings. The van der Waals surface area contributed by atoms with Crippen LogP contribution in [0.4, 0.5) is 0 Å². The number of nitrogens with one attached hydrogen (secondary N) is 1. The molecule has 6 nitrogen and oxygen atoms in total. The molecule has 0 aromatic heterocycles. The van der Waals surface area contributed by atoms with E-state index in [1.165, 1.54) is 4.31 Å². The Bertz CT molecular complexity index is 626. The Morgan fingerprint density at radius 3 is 2.50 bits per heavy atom. The largest absolute Gasteiger partial charge is 0.355 e. The van der Waals surface area contributed by atoms with Crippen LogP contribution in [0.5, 0.6) is 0 Å². The Hall–Kier alpha value is -1.44. The molecule has 0 bridgehead atoms. The van der Waals surface area contributed by atoms with Gasteiger partial charge in [-0.15, -0.1) is 0 Å². The molecule has 1 saturated heterocycles. The number of carbonyl (C=O) groups is 1. The van der Waals surface area contributed by atoms with Crippen molar-refractivity contribution in [2.45, 2.75) is 30.8 Å². The third-order valence-corrected chi connectivity index (χ3v) is 5.68. The van der Waals surface area contributed by atoms with Crippen molar-refractivity contribution in [1.82, 2.24) is 14.5 Å². The minimum absolute atomic E-state index is 0.233. The van der Waals surface area contributed by atoms with Gasteiger partial charge in [0.1, 0.15) is 6.04 Å². The molecule has 2 rings (SSSR count). The van der Waals surface area contributed by atoms with E-state index in [1.807, 2.05) is 31.1 Å². The fourth-order valence-electron chi connectivity index (χ4n) is 2.51. The third-order valence-electron chi connectivity index (χ3n) is 3.69. The van der Waals surface area contributed by atoms with Crippen LogP contribution in [0.2, 0.25) is 0 Å². The molecular formula is C15H23N3O3S. The number of hydrogen-bond donors (Lipinski definition) is 1. The lowest BCUT2D eigenvalue weighted by Gasteiger charge is -2.24. The molecule has 0 radical (unpaired) electrons. The van der Waals surface area contributed by atoms with Crippen molar-refractivity contribution in [2.24, 2.45) is 0 Å². The number of rotatable bonds is 4. The molecule has 122 valence electrons. The van der Waals surface area contributed by atoms with Crippen LogP contribution in [-0.4, -0.2) is 56.8 Å². The Kier molecular flexibility index (Phi) is 5.20. The highest BCUT2D eigenvalue weighted by atomic mass is 32.2. The van der Waals surface area contributed by atoms with E-state index >= 15 is 0 Å². The maximum atomic E-state index is 12.8. The number of carbonyl (C=O) groups excluding carboxylic acids is 1. The van der Waals surface area contributed by atoms with Gasteiger partial charge in [0.15, 0.2) is 0 Å². The highest BCUT2D eigenvalue weighted by Crippen LogP contribution is 2.20. The molecule has 0 unspecified atom stereocenters. The van der Waals surface area contributed by atoms with Crippen LogP contribution in [0.15, 0.2) is 29.2 Å². The van der Waals surface area contributed by atoms with Crippen molar-refractivity contribution >= 4 is 15.9 Å². The molecule has 0 saturated carbocycles. The monoisotopic (exact) mass is 325 g/mol. The number of amides is 1. The average molecular weight is 325 g/mol. The molecule has 1 aromatic rings. The summed E-state index contributed by atoms with van der Waals surface area (Å²) < 4.78 is 26.8. The van der Waals surface area contributed by atoms with E-state index in [2.05, 4.69) is 5.32 Å². The van der Waals surface area contributed by atoms with Gasteiger partial charge < -0.3 is 10.2 Å². The van der Waals surface area contributed by atoms with Gasteiger partial charge in [-0.05, 0) is 45.1 Å². The zero-order valence-electron chi connectivity index (χ0n) is 13.2. The van der Waals surface area contributed by atoms with Crippen LogP contribution in [0.25, 0.3) is 0 Å². The van der Waals surface area contributed by atoms with Gasteiger partial charge in [0.2, 0.25) is 15.9 Å². The quantitative estimate of drug-likeness (QED) is 0.882. The highest BCUT2D eigenvalue weighted by molar-refractivity contribution is 7.89. The van der Waals surface area contributed by atoms with Crippen LogP contribution in [0.1, 0.15) is 18.9 Å². The normalized spacial score (nSPS) is 20.7. The van der Waals surface area contributed by atoms with Gasteiger partial charge in [0.25, 0.3) is 0 Å². The molecule has 1 atom stereocenters. The lowest BCUT2D eigenvalue weighted by atomic mass is 10.2. The van der Waals surface area contributed by atoms with Gasteiger partial charge in [-0.1, -0.05) is 12.1 Å². The van der Waals surface area contributed by atoms with Crippen LogP contribution >= 0.6 is 0 Å². The summed E-state index contributed by atoms with van der Waals surface area (Å²) in [7, 11) is 0.267. The van der Waals surface area contributed by atoms with Gasteiger partial charge in [-0.3, -0.25) is 4.79 Å². The van der Waals surface area contributed by atoms with E-state index in [0.717, 1.165) is 12.1 Å². The summed E-state index contributed by atoms with van der Waals surface area (Å²) in [6, 6.07) is 6.17. The summed E-state index contributed by atoms with van der Waals surface area (Å²) >= 11 is 0. The Balaban J connectivity index is 2.27. The standard InChI is InChI=1S/C15H23N3O3S/c1-12-15(19)16-9-4-10-18(12)22(20,21)14-7-5-13(6-8-14)11-17(2)3/h5-8,12H,4,9-11H2,1-3H3,(H,16,19)/t12-/m0/s1. The number of hydrogen-bond acceptors (Lipinski definition) is 4. The number of sulfonamides is 1. The summed E-state index contributed by atoms with van der Waals surface area (Å²) in [6.45, 7) is 3.24. The minimum atomic E-state index is -3.65. The number of benzene rings is 1. The van der Waals surface area contributed by atoms with Crippen molar-refractivity contribution in [3.05, 3.63) is 29.8 Å². The smallest absolute Gasteiger partial charge is 0.243 e. The van der Waals surface area contributed by atoms with Crippen molar-refractivity contribution in [1.29, 1.82) is 0 Å². The van der Waals surface area contributed by atoms with E-state index in [9.17, 15) is 13.2 Å². The van der Waals surface area contributed by atoms with Crippen LogP contribution in [0.3, 0.4) is 0 Å². The second kappa shape index (κ2) is 6.76. The molecule has 1 aliphatic heterocycles. The topological polar surface area (TPSA) is 69.7 Å². The van der Waals surface area contributed by atoms with E-state index < -0.39 is 16.1 Å². The van der Waals surface area contributed by atoms with Crippen molar-refractivity contribution in [3.63, 3.8) is 0 Å². The SMILES string of the molecule is C[C@H]1C(=O)NCCCN1S(=O)(=O)c1ccc(CN(C)C)cc1. The van der Waals surface area contributed by atoms with E-state index in [4.69, 9.17) is 0 Å². The molecule has 22 heavy (non-hydrogen) atoms. The Morgan fingerprint density at radius 1 is 1.27 bits per heavy atom. The maximum Gasteiger partial charge on any atom is 0.243 e. The Labute approximate surface area is 132 Å². The molecule has 7 heteroatoms.